The van der Waals surface area contributed by atoms with Gasteiger partial charge in [-0.3, -0.25) is 4.98 Å². The van der Waals surface area contributed by atoms with Gasteiger partial charge in [0.2, 0.25) is 0 Å². The normalized spacial score (nSPS) is 11.5. The summed E-state index contributed by atoms with van der Waals surface area (Å²) in [5, 5.41) is 10.3. The summed E-state index contributed by atoms with van der Waals surface area (Å²) in [5.41, 5.74) is 2.02. The van der Waals surface area contributed by atoms with Gasteiger partial charge in [0.1, 0.15) is 17.4 Å². The Morgan fingerprint density at radius 1 is 1.14 bits per heavy atom. The summed E-state index contributed by atoms with van der Waals surface area (Å²) in [6.07, 6.45) is 4.08. The number of alkyl halides is 1. The molecule has 0 saturated heterocycles. The molecule has 0 radical (unpaired) electrons. The molecule has 0 saturated carbocycles. The molecule has 1 aromatic carbocycles. The molecule has 0 spiro atoms. The number of pyridine rings is 2. The van der Waals surface area contributed by atoms with Gasteiger partial charge >= 0.3 is 0 Å². The summed E-state index contributed by atoms with van der Waals surface area (Å²) in [6.45, 7) is 3.07. The van der Waals surface area contributed by atoms with Gasteiger partial charge in [0, 0.05) is 29.1 Å². The number of aromatic nitrogens is 3. The summed E-state index contributed by atoms with van der Waals surface area (Å²) in [6, 6.07) is 15.2. The molecule has 0 amide bonds. The van der Waals surface area contributed by atoms with Crippen molar-refractivity contribution in [2.24, 2.45) is 0 Å². The lowest BCUT2D eigenvalue weighted by atomic mass is 10.0. The monoisotopic (exact) mass is 386 g/mol. The number of benzene rings is 1. The number of halogens is 1. The lowest BCUT2D eigenvalue weighted by Crippen LogP contribution is -2.12. The second-order valence-corrected chi connectivity index (χ2v) is 7.45. The molecule has 3 aromatic heterocycles. The summed E-state index contributed by atoms with van der Waals surface area (Å²) in [4.78, 5) is 13.2. The third kappa shape index (κ3) is 4.14. The van der Waals surface area contributed by atoms with Crippen LogP contribution in [0, 0.1) is 11.3 Å². The smallest absolute Gasteiger partial charge is 0.195 e. The zero-order valence-electron chi connectivity index (χ0n) is 16.2. The van der Waals surface area contributed by atoms with E-state index < -0.39 is 5.67 Å². The molecule has 4 aromatic rings. The maximum Gasteiger partial charge on any atom is 0.195 e. The molecular formula is C23H19FN4O. The van der Waals surface area contributed by atoms with E-state index in [0.29, 0.717) is 35.9 Å². The molecule has 0 aliphatic carbocycles. The Kier molecular flexibility index (Phi) is 4.81. The third-order valence-electron chi connectivity index (χ3n) is 4.64. The molecule has 29 heavy (non-hydrogen) atoms. The molecule has 0 aliphatic rings. The van der Waals surface area contributed by atoms with E-state index in [-0.39, 0.29) is 0 Å². The van der Waals surface area contributed by atoms with Gasteiger partial charge in [0.25, 0.3) is 0 Å². The highest BCUT2D eigenvalue weighted by Gasteiger charge is 2.19. The van der Waals surface area contributed by atoms with Crippen LogP contribution in [-0.2, 0) is 6.42 Å². The van der Waals surface area contributed by atoms with Gasteiger partial charge in [0.15, 0.2) is 11.7 Å². The molecule has 0 fully saturated rings. The van der Waals surface area contributed by atoms with Crippen molar-refractivity contribution in [2.75, 3.05) is 0 Å². The summed E-state index contributed by atoms with van der Waals surface area (Å²) in [7, 11) is 0. The first-order valence-corrected chi connectivity index (χ1v) is 9.33. The van der Waals surface area contributed by atoms with E-state index in [1.807, 2.05) is 30.3 Å². The van der Waals surface area contributed by atoms with Crippen molar-refractivity contribution in [2.45, 2.75) is 32.4 Å². The minimum Gasteiger partial charge on any atom is -0.441 e. The highest BCUT2D eigenvalue weighted by atomic mass is 19.1. The van der Waals surface area contributed by atoms with Crippen molar-refractivity contribution in [3.05, 3.63) is 66.4 Å². The van der Waals surface area contributed by atoms with Crippen LogP contribution >= 0.6 is 0 Å². The Morgan fingerprint density at radius 2 is 2.00 bits per heavy atom. The lowest BCUT2D eigenvalue weighted by molar-refractivity contribution is 0.197. The van der Waals surface area contributed by atoms with E-state index in [4.69, 9.17) is 4.42 Å². The third-order valence-corrected chi connectivity index (χ3v) is 4.64. The minimum absolute atomic E-state index is 0.309. The summed E-state index contributed by atoms with van der Waals surface area (Å²) >= 11 is 0. The average molecular weight is 386 g/mol. The van der Waals surface area contributed by atoms with Crippen LogP contribution in [-0.4, -0.2) is 20.6 Å². The first-order valence-electron chi connectivity index (χ1n) is 9.33. The van der Waals surface area contributed by atoms with Crippen LogP contribution in [0.15, 0.2) is 59.3 Å². The fraction of sp³-hybridized carbons (Fsp3) is 0.217. The molecule has 0 N–H and O–H groups in total. The fourth-order valence-electron chi connectivity index (χ4n) is 3.11. The Labute approximate surface area is 167 Å². The van der Waals surface area contributed by atoms with Gasteiger partial charge < -0.3 is 4.42 Å². The minimum atomic E-state index is -1.28. The van der Waals surface area contributed by atoms with Gasteiger partial charge in [-0.25, -0.2) is 14.4 Å². The number of nitriles is 1. The predicted octanol–water partition coefficient (Wildman–Crippen LogP) is 5.50. The maximum atomic E-state index is 13.8. The van der Waals surface area contributed by atoms with E-state index in [0.717, 1.165) is 22.0 Å². The number of aryl methyl sites for hydroxylation is 1. The van der Waals surface area contributed by atoms with Gasteiger partial charge in [-0.05, 0) is 44.5 Å². The molecule has 4 rings (SSSR count). The molecule has 0 aliphatic heterocycles. The number of oxazole rings is 1. The topological polar surface area (TPSA) is 75.6 Å². The molecule has 144 valence electrons. The molecular weight excluding hydrogens is 367 g/mol. The van der Waals surface area contributed by atoms with E-state index >= 15 is 0 Å². The Morgan fingerprint density at radius 3 is 2.79 bits per heavy atom. The van der Waals surface area contributed by atoms with Crippen LogP contribution in [0.5, 0.6) is 0 Å². The molecule has 0 atom stereocenters. The second kappa shape index (κ2) is 7.44. The van der Waals surface area contributed by atoms with Crippen molar-refractivity contribution in [3.63, 3.8) is 0 Å². The first kappa shape index (κ1) is 18.8. The van der Waals surface area contributed by atoms with E-state index in [2.05, 4.69) is 21.0 Å². The molecule has 3 heterocycles. The number of nitrogens with zero attached hydrogens (tertiary/aromatic N) is 4. The van der Waals surface area contributed by atoms with Gasteiger partial charge in [0.05, 0.1) is 17.4 Å². The van der Waals surface area contributed by atoms with E-state index in [1.54, 1.807) is 24.5 Å². The van der Waals surface area contributed by atoms with E-state index in [9.17, 15) is 9.65 Å². The second-order valence-electron chi connectivity index (χ2n) is 7.45. The standard InChI is InChI=1S/C23H19FN4O/c1-23(2,24)10-9-21-27-14-20(29-21)18-8-7-17(13-25)28-22(18)16-6-5-15-4-3-11-26-19(15)12-16/h3-8,11-12,14H,9-10H2,1-2H3. The lowest BCUT2D eigenvalue weighted by Gasteiger charge is -2.11. The highest BCUT2D eigenvalue weighted by molar-refractivity contribution is 5.87. The molecule has 5 nitrogen and oxygen atoms in total. The van der Waals surface area contributed by atoms with E-state index in [1.165, 1.54) is 13.8 Å². The Hall–Kier alpha value is -3.59. The zero-order valence-corrected chi connectivity index (χ0v) is 16.2. The summed E-state index contributed by atoms with van der Waals surface area (Å²) < 4.78 is 19.7. The van der Waals surface area contributed by atoms with Crippen LogP contribution in [0.25, 0.3) is 33.5 Å². The maximum absolute atomic E-state index is 13.8. The SMILES string of the molecule is CC(C)(F)CCc1ncc(-c2ccc(C#N)nc2-c2ccc3cccnc3c2)o1. The van der Waals surface area contributed by atoms with Crippen LogP contribution in [0.3, 0.4) is 0 Å². The number of hydrogen-bond donors (Lipinski definition) is 0. The van der Waals surface area contributed by atoms with Crippen molar-refractivity contribution in [1.29, 1.82) is 5.26 Å². The van der Waals surface area contributed by atoms with Crippen molar-refractivity contribution in [1.82, 2.24) is 15.0 Å². The Bertz CT molecular complexity index is 1220. The zero-order chi connectivity index (χ0) is 20.4. The fourth-order valence-corrected chi connectivity index (χ4v) is 3.11. The first-order chi connectivity index (χ1) is 13.9. The van der Waals surface area contributed by atoms with Gasteiger partial charge in [-0.15, -0.1) is 0 Å². The number of rotatable bonds is 5. The predicted molar refractivity (Wildman–Crippen MR) is 109 cm³/mol. The van der Waals surface area contributed by atoms with Crippen LogP contribution < -0.4 is 0 Å². The summed E-state index contributed by atoms with van der Waals surface area (Å²) in [5.74, 6) is 1.01. The van der Waals surface area contributed by atoms with Crippen LogP contribution in [0.2, 0.25) is 0 Å². The number of fused-ring (bicyclic) bond motifs is 1. The molecule has 0 bridgehead atoms. The van der Waals surface area contributed by atoms with Crippen molar-refractivity contribution < 1.29 is 8.81 Å². The van der Waals surface area contributed by atoms with Crippen LogP contribution in [0.4, 0.5) is 4.39 Å². The van der Waals surface area contributed by atoms with Gasteiger partial charge in [-0.2, -0.15) is 5.26 Å². The van der Waals surface area contributed by atoms with Crippen LogP contribution in [0.1, 0.15) is 31.9 Å². The molecule has 6 heteroatoms. The largest absolute Gasteiger partial charge is 0.441 e. The van der Waals surface area contributed by atoms with Crippen molar-refractivity contribution in [3.8, 4) is 28.7 Å². The quantitative estimate of drug-likeness (QED) is 0.452. The Balaban J connectivity index is 1.76. The van der Waals surface area contributed by atoms with Gasteiger partial charge in [-0.1, -0.05) is 18.2 Å². The highest BCUT2D eigenvalue weighted by Crippen LogP contribution is 2.33. The van der Waals surface area contributed by atoms with Crippen molar-refractivity contribution >= 4 is 10.9 Å². The molecule has 0 unspecified atom stereocenters. The average Bonchev–Trinajstić information content (AvgIpc) is 3.20. The number of hydrogen-bond acceptors (Lipinski definition) is 5.